The fraction of sp³-hybridized carbons (Fsp3) is 0.364. The first kappa shape index (κ1) is 18.9. The van der Waals surface area contributed by atoms with E-state index >= 15 is 0 Å². The van der Waals surface area contributed by atoms with Crippen molar-refractivity contribution in [2.75, 3.05) is 12.3 Å². The number of fused-ring (bicyclic) bond motifs is 1. The van der Waals surface area contributed by atoms with Gasteiger partial charge in [0, 0.05) is 36.7 Å². The lowest BCUT2D eigenvalue weighted by atomic mass is 10.0. The summed E-state index contributed by atoms with van der Waals surface area (Å²) < 4.78 is 0. The number of benzene rings is 2. The topological polar surface area (TPSA) is 61.4 Å². The number of nitrogens with zero attached hydrogens (tertiary/aromatic N) is 1. The van der Waals surface area contributed by atoms with Crippen LogP contribution >= 0.6 is 11.8 Å². The van der Waals surface area contributed by atoms with Crippen LogP contribution in [0.4, 0.5) is 4.79 Å². The van der Waals surface area contributed by atoms with Crippen molar-refractivity contribution >= 4 is 23.7 Å². The van der Waals surface area contributed by atoms with Crippen molar-refractivity contribution in [3.63, 3.8) is 0 Å². The maximum atomic E-state index is 12.5. The van der Waals surface area contributed by atoms with Gasteiger partial charge in [-0.1, -0.05) is 42.5 Å². The lowest BCUT2D eigenvalue weighted by Gasteiger charge is -2.26. The Morgan fingerprint density at radius 1 is 1.11 bits per heavy atom. The molecule has 0 unspecified atom stereocenters. The predicted octanol–water partition coefficient (Wildman–Crippen LogP) is 3.85. The van der Waals surface area contributed by atoms with Gasteiger partial charge in [0.15, 0.2) is 0 Å². The number of carbonyl (C=O) groups is 2. The van der Waals surface area contributed by atoms with E-state index in [-0.39, 0.29) is 18.0 Å². The summed E-state index contributed by atoms with van der Waals surface area (Å²) in [6.45, 7) is 1.89. The number of thioether (sulfide) groups is 1. The van der Waals surface area contributed by atoms with E-state index < -0.39 is 0 Å². The highest BCUT2D eigenvalue weighted by Gasteiger charge is 2.23. The molecule has 1 saturated heterocycles. The minimum atomic E-state index is -0.154. The second-order valence-electron chi connectivity index (χ2n) is 7.24. The maximum absolute atomic E-state index is 12.5. The van der Waals surface area contributed by atoms with Gasteiger partial charge in [0.25, 0.3) is 0 Å². The Bertz CT molecular complexity index is 870. The van der Waals surface area contributed by atoms with Crippen LogP contribution in [-0.4, -0.2) is 29.1 Å². The second-order valence-corrected chi connectivity index (χ2v) is 8.38. The van der Waals surface area contributed by atoms with Crippen LogP contribution in [0.1, 0.15) is 42.0 Å². The van der Waals surface area contributed by atoms with E-state index in [1.54, 1.807) is 0 Å². The van der Waals surface area contributed by atoms with E-state index in [0.29, 0.717) is 19.5 Å². The number of carbonyl (C=O) groups excluding carboxylic acids is 2. The molecule has 2 aromatic carbocycles. The number of urea groups is 1. The van der Waals surface area contributed by atoms with Crippen LogP contribution in [0, 0.1) is 0 Å². The van der Waals surface area contributed by atoms with Crippen LogP contribution in [0.15, 0.2) is 53.4 Å². The largest absolute Gasteiger partial charge is 0.338 e. The minimum absolute atomic E-state index is 0.0508. The third kappa shape index (κ3) is 4.33. The zero-order valence-electron chi connectivity index (χ0n) is 15.8. The molecule has 2 aliphatic rings. The maximum Gasteiger partial charge on any atom is 0.315 e. The first-order valence-corrected chi connectivity index (χ1v) is 10.8. The second kappa shape index (κ2) is 8.69. The smallest absolute Gasteiger partial charge is 0.315 e. The summed E-state index contributed by atoms with van der Waals surface area (Å²) in [5.74, 6) is 1.23. The molecule has 146 valence electrons. The molecule has 2 aromatic rings. The minimum Gasteiger partial charge on any atom is -0.338 e. The highest BCUT2D eigenvalue weighted by molar-refractivity contribution is 7.99. The summed E-state index contributed by atoms with van der Waals surface area (Å²) >= 11 is 1.84. The standard InChI is InChI=1S/C22H25N3O2S/c26-21-10-5-12-25(21)15-17-7-2-1-6-16(17)14-23-22(27)24-19-11-13-28-20-9-4-3-8-18(19)20/h1-4,6-9,19H,5,10-15H2,(H2,23,24,27)/t19-/m1/s1. The van der Waals surface area contributed by atoms with Crippen molar-refractivity contribution in [1.29, 1.82) is 0 Å². The highest BCUT2D eigenvalue weighted by atomic mass is 32.2. The van der Waals surface area contributed by atoms with Gasteiger partial charge in [-0.3, -0.25) is 4.79 Å². The summed E-state index contributed by atoms with van der Waals surface area (Å²) in [6, 6.07) is 16.2. The van der Waals surface area contributed by atoms with Crippen molar-refractivity contribution in [1.82, 2.24) is 15.5 Å². The zero-order chi connectivity index (χ0) is 19.3. The zero-order valence-corrected chi connectivity index (χ0v) is 16.6. The molecule has 0 aliphatic carbocycles. The molecule has 1 fully saturated rings. The molecule has 2 N–H and O–H groups in total. The van der Waals surface area contributed by atoms with Gasteiger partial charge in [-0.15, -0.1) is 11.8 Å². The van der Waals surface area contributed by atoms with E-state index in [0.717, 1.165) is 36.3 Å². The lowest BCUT2D eigenvalue weighted by molar-refractivity contribution is -0.128. The van der Waals surface area contributed by atoms with E-state index in [1.165, 1.54) is 10.5 Å². The van der Waals surface area contributed by atoms with Gasteiger partial charge in [-0.2, -0.15) is 0 Å². The average Bonchev–Trinajstić information content (AvgIpc) is 3.12. The summed E-state index contributed by atoms with van der Waals surface area (Å²) in [6.07, 6.45) is 2.51. The third-order valence-electron chi connectivity index (χ3n) is 5.35. The highest BCUT2D eigenvalue weighted by Crippen LogP contribution is 2.35. The van der Waals surface area contributed by atoms with Gasteiger partial charge in [0.1, 0.15) is 0 Å². The molecule has 2 heterocycles. The molecule has 1 atom stereocenters. The monoisotopic (exact) mass is 395 g/mol. The molecule has 6 heteroatoms. The lowest BCUT2D eigenvalue weighted by Crippen LogP contribution is -2.38. The Morgan fingerprint density at radius 3 is 2.71 bits per heavy atom. The molecule has 0 radical (unpaired) electrons. The van der Waals surface area contributed by atoms with Crippen LogP contribution < -0.4 is 10.6 Å². The van der Waals surface area contributed by atoms with Crippen molar-refractivity contribution in [3.8, 4) is 0 Å². The van der Waals surface area contributed by atoms with Crippen LogP contribution in [0.2, 0.25) is 0 Å². The molecule has 5 nitrogen and oxygen atoms in total. The molecule has 0 saturated carbocycles. The molecule has 0 bridgehead atoms. The Labute approximate surface area is 169 Å². The fourth-order valence-corrected chi connectivity index (χ4v) is 4.96. The Morgan fingerprint density at radius 2 is 1.89 bits per heavy atom. The first-order valence-electron chi connectivity index (χ1n) is 9.81. The predicted molar refractivity (Wildman–Crippen MR) is 111 cm³/mol. The number of rotatable bonds is 5. The summed E-state index contributed by atoms with van der Waals surface area (Å²) in [7, 11) is 0. The van der Waals surface area contributed by atoms with E-state index in [1.807, 2.05) is 53.1 Å². The van der Waals surface area contributed by atoms with E-state index in [4.69, 9.17) is 0 Å². The molecular formula is C22H25N3O2S. The fourth-order valence-electron chi connectivity index (χ4n) is 3.84. The SMILES string of the molecule is O=C(NCc1ccccc1CN1CCCC1=O)N[C@@H]1CCSc2ccccc21. The molecule has 4 rings (SSSR count). The molecule has 0 spiro atoms. The quantitative estimate of drug-likeness (QED) is 0.808. The molecule has 28 heavy (non-hydrogen) atoms. The number of amides is 3. The van der Waals surface area contributed by atoms with Crippen molar-refractivity contribution < 1.29 is 9.59 Å². The Kier molecular flexibility index (Phi) is 5.86. The number of likely N-dealkylation sites (tertiary alicyclic amines) is 1. The Balaban J connectivity index is 1.36. The van der Waals surface area contributed by atoms with Crippen LogP contribution in [0.25, 0.3) is 0 Å². The van der Waals surface area contributed by atoms with Crippen molar-refractivity contribution in [2.24, 2.45) is 0 Å². The van der Waals surface area contributed by atoms with E-state index in [9.17, 15) is 9.59 Å². The summed E-state index contributed by atoms with van der Waals surface area (Å²) in [5.41, 5.74) is 3.34. The van der Waals surface area contributed by atoms with Crippen molar-refractivity contribution in [2.45, 2.75) is 43.3 Å². The van der Waals surface area contributed by atoms with Crippen LogP contribution in [0.5, 0.6) is 0 Å². The van der Waals surface area contributed by atoms with Gasteiger partial charge in [0.2, 0.25) is 5.91 Å². The van der Waals surface area contributed by atoms with Gasteiger partial charge in [-0.25, -0.2) is 4.79 Å². The molecule has 2 aliphatic heterocycles. The summed E-state index contributed by atoms with van der Waals surface area (Å²) in [5, 5.41) is 6.11. The number of hydrogen-bond acceptors (Lipinski definition) is 3. The molecule has 3 amide bonds. The average molecular weight is 396 g/mol. The van der Waals surface area contributed by atoms with E-state index in [2.05, 4.69) is 22.8 Å². The van der Waals surface area contributed by atoms with Gasteiger partial charge < -0.3 is 15.5 Å². The normalized spacial score (nSPS) is 18.6. The summed E-state index contributed by atoms with van der Waals surface area (Å²) in [4.78, 5) is 27.6. The van der Waals surface area contributed by atoms with Crippen LogP contribution in [0.3, 0.4) is 0 Å². The van der Waals surface area contributed by atoms with Gasteiger partial charge in [-0.05, 0) is 35.6 Å². The molecular weight excluding hydrogens is 370 g/mol. The third-order valence-corrected chi connectivity index (χ3v) is 6.48. The Hall–Kier alpha value is -2.47. The number of hydrogen-bond donors (Lipinski definition) is 2. The van der Waals surface area contributed by atoms with Gasteiger partial charge >= 0.3 is 6.03 Å². The number of nitrogens with one attached hydrogen (secondary N) is 2. The van der Waals surface area contributed by atoms with Crippen molar-refractivity contribution in [3.05, 3.63) is 65.2 Å². The first-order chi connectivity index (χ1) is 13.7. The van der Waals surface area contributed by atoms with Crippen LogP contribution in [-0.2, 0) is 17.9 Å². The van der Waals surface area contributed by atoms with Gasteiger partial charge in [0.05, 0.1) is 6.04 Å². The molecule has 0 aromatic heterocycles.